The molecule has 0 radical (unpaired) electrons. The van der Waals surface area contributed by atoms with Crippen LogP contribution in [0.5, 0.6) is 0 Å². The van der Waals surface area contributed by atoms with Crippen molar-refractivity contribution in [3.63, 3.8) is 0 Å². The van der Waals surface area contributed by atoms with Crippen LogP contribution in [0.3, 0.4) is 0 Å². The molecule has 0 aliphatic carbocycles. The van der Waals surface area contributed by atoms with Gasteiger partial charge in [0.25, 0.3) is 5.22 Å². The number of amides is 2. The van der Waals surface area contributed by atoms with E-state index in [-0.39, 0.29) is 17.6 Å². The van der Waals surface area contributed by atoms with E-state index >= 15 is 0 Å². The molecule has 3 heterocycles. The molecular weight excluding hydrogens is 342 g/mol. The van der Waals surface area contributed by atoms with Crippen LogP contribution in [-0.4, -0.2) is 69.3 Å². The number of hydrogen-bond acceptors (Lipinski definition) is 7. The molecule has 0 spiro atoms. The van der Waals surface area contributed by atoms with Gasteiger partial charge in [0.2, 0.25) is 17.7 Å². The summed E-state index contributed by atoms with van der Waals surface area (Å²) in [7, 11) is 0. The molecule has 25 heavy (non-hydrogen) atoms. The number of carbonyl (C=O) groups is 2. The van der Waals surface area contributed by atoms with Crippen molar-refractivity contribution in [2.45, 2.75) is 49.8 Å². The van der Waals surface area contributed by atoms with Gasteiger partial charge >= 0.3 is 0 Å². The van der Waals surface area contributed by atoms with Gasteiger partial charge < -0.3 is 15.1 Å². The zero-order chi connectivity index (χ0) is 17.9. The second-order valence-electron chi connectivity index (χ2n) is 6.70. The summed E-state index contributed by atoms with van der Waals surface area (Å²) in [5.74, 6) is 0.519. The minimum absolute atomic E-state index is 0.0255. The van der Waals surface area contributed by atoms with Gasteiger partial charge in [0, 0.05) is 20.0 Å². The number of nitrogens with zero attached hydrogens (tertiary/aromatic N) is 4. The fourth-order valence-electron chi connectivity index (χ4n) is 3.72. The highest BCUT2D eigenvalue weighted by Crippen LogP contribution is 2.32. The number of aryl methyl sites for hydroxylation is 1. The number of rotatable bonds is 5. The van der Waals surface area contributed by atoms with Crippen molar-refractivity contribution in [1.29, 1.82) is 0 Å². The summed E-state index contributed by atoms with van der Waals surface area (Å²) in [6.45, 7) is 4.67. The van der Waals surface area contributed by atoms with Gasteiger partial charge in [-0.1, -0.05) is 18.2 Å². The second-order valence-corrected chi connectivity index (χ2v) is 7.63. The number of primary amides is 1. The molecule has 2 amide bonds. The van der Waals surface area contributed by atoms with Crippen LogP contribution in [0.15, 0.2) is 9.64 Å². The van der Waals surface area contributed by atoms with Crippen molar-refractivity contribution in [2.75, 3.05) is 31.9 Å². The molecule has 1 aromatic rings. The Hall–Kier alpha value is -1.61. The third kappa shape index (κ3) is 3.98. The van der Waals surface area contributed by atoms with Crippen LogP contribution in [0.25, 0.3) is 0 Å². The summed E-state index contributed by atoms with van der Waals surface area (Å²) in [6.07, 6.45) is 4.65. The van der Waals surface area contributed by atoms with Crippen LogP contribution in [0.4, 0.5) is 0 Å². The molecule has 2 N–H and O–H groups in total. The highest BCUT2D eigenvalue weighted by Gasteiger charge is 2.45. The number of aromatic nitrogens is 2. The van der Waals surface area contributed by atoms with Gasteiger partial charge in [0.1, 0.15) is 5.54 Å². The van der Waals surface area contributed by atoms with Crippen molar-refractivity contribution in [1.82, 2.24) is 20.0 Å². The normalized spacial score (nSPS) is 21.2. The maximum atomic E-state index is 12.4. The summed E-state index contributed by atoms with van der Waals surface area (Å²) in [5.41, 5.74) is 5.19. The Bertz CT molecular complexity index is 621. The number of carbonyl (C=O) groups excluding carboxylic acids is 2. The third-order valence-corrected chi connectivity index (χ3v) is 5.99. The number of nitrogens with two attached hydrogens (primary N) is 1. The molecule has 2 aliphatic rings. The number of thioether (sulfide) groups is 1. The Morgan fingerprint density at radius 2 is 1.84 bits per heavy atom. The number of likely N-dealkylation sites (tertiary alicyclic amines) is 2. The molecule has 8 nitrogen and oxygen atoms in total. The van der Waals surface area contributed by atoms with Crippen molar-refractivity contribution < 1.29 is 14.0 Å². The molecule has 0 atom stereocenters. The van der Waals surface area contributed by atoms with Crippen LogP contribution in [0.2, 0.25) is 0 Å². The first-order valence-electron chi connectivity index (χ1n) is 8.77. The van der Waals surface area contributed by atoms with Crippen molar-refractivity contribution >= 4 is 23.6 Å². The van der Waals surface area contributed by atoms with Crippen LogP contribution in [-0.2, 0) is 9.59 Å². The van der Waals surface area contributed by atoms with E-state index in [1.165, 1.54) is 18.2 Å². The Kier molecular flexibility index (Phi) is 5.63. The molecule has 9 heteroatoms. The summed E-state index contributed by atoms with van der Waals surface area (Å²) in [4.78, 5) is 28.7. The maximum Gasteiger partial charge on any atom is 0.277 e. The van der Waals surface area contributed by atoms with Gasteiger partial charge in [-0.3, -0.25) is 14.5 Å². The Morgan fingerprint density at radius 3 is 2.40 bits per heavy atom. The standard InChI is InChI=1S/C16H25N5O3S/c1-12-18-19-15(24-12)25-11-13(22)20-9-5-16(6-10-20,14(17)23)21-7-3-2-4-8-21/h2-11H2,1H3,(H2,17,23). The molecule has 0 unspecified atom stereocenters. The molecule has 138 valence electrons. The monoisotopic (exact) mass is 367 g/mol. The molecule has 2 fully saturated rings. The summed E-state index contributed by atoms with van der Waals surface area (Å²) in [6, 6.07) is 0. The fraction of sp³-hybridized carbons (Fsp3) is 0.750. The quantitative estimate of drug-likeness (QED) is 0.767. The van der Waals surface area contributed by atoms with E-state index in [1.807, 2.05) is 0 Å². The Morgan fingerprint density at radius 1 is 1.16 bits per heavy atom. The molecule has 2 aliphatic heterocycles. The summed E-state index contributed by atoms with van der Waals surface area (Å²) < 4.78 is 5.27. The molecule has 3 rings (SSSR count). The predicted octanol–water partition coefficient (Wildman–Crippen LogP) is 0.803. The Labute approximate surface area is 151 Å². The van der Waals surface area contributed by atoms with Gasteiger partial charge in [0.15, 0.2) is 0 Å². The summed E-state index contributed by atoms with van der Waals surface area (Å²) >= 11 is 1.24. The van der Waals surface area contributed by atoms with Gasteiger partial charge in [-0.25, -0.2) is 0 Å². The highest BCUT2D eigenvalue weighted by molar-refractivity contribution is 7.99. The number of hydrogen-bond donors (Lipinski definition) is 1. The van der Waals surface area contributed by atoms with Crippen molar-refractivity contribution in [2.24, 2.45) is 5.73 Å². The zero-order valence-corrected chi connectivity index (χ0v) is 15.4. The number of piperidine rings is 2. The lowest BCUT2D eigenvalue weighted by molar-refractivity contribution is -0.140. The molecule has 1 aromatic heterocycles. The van der Waals surface area contributed by atoms with E-state index in [0.717, 1.165) is 25.9 Å². The largest absolute Gasteiger partial charge is 0.416 e. The lowest BCUT2D eigenvalue weighted by Crippen LogP contribution is -2.63. The topological polar surface area (TPSA) is 106 Å². The van der Waals surface area contributed by atoms with E-state index < -0.39 is 5.54 Å². The molecule has 0 saturated carbocycles. The minimum Gasteiger partial charge on any atom is -0.416 e. The van der Waals surface area contributed by atoms with Crippen molar-refractivity contribution in [3.05, 3.63) is 5.89 Å². The fourth-order valence-corrected chi connectivity index (χ4v) is 4.43. The van der Waals surface area contributed by atoms with Crippen molar-refractivity contribution in [3.8, 4) is 0 Å². The average Bonchev–Trinajstić information content (AvgIpc) is 3.05. The molecule has 0 aromatic carbocycles. The average molecular weight is 367 g/mol. The third-order valence-electron chi connectivity index (χ3n) is 5.19. The zero-order valence-electron chi connectivity index (χ0n) is 14.6. The van der Waals surface area contributed by atoms with E-state index in [9.17, 15) is 9.59 Å². The van der Waals surface area contributed by atoms with Gasteiger partial charge in [-0.15, -0.1) is 10.2 Å². The van der Waals surface area contributed by atoms with E-state index in [1.54, 1.807) is 11.8 Å². The van der Waals surface area contributed by atoms with Crippen LogP contribution in [0.1, 0.15) is 38.0 Å². The van der Waals surface area contributed by atoms with Gasteiger partial charge in [0.05, 0.1) is 5.75 Å². The van der Waals surface area contributed by atoms with E-state index in [0.29, 0.717) is 37.0 Å². The van der Waals surface area contributed by atoms with Crippen LogP contribution < -0.4 is 5.73 Å². The SMILES string of the molecule is Cc1nnc(SCC(=O)N2CCC(C(N)=O)(N3CCCCC3)CC2)o1. The first-order chi connectivity index (χ1) is 12.0. The Balaban J connectivity index is 1.55. The smallest absolute Gasteiger partial charge is 0.277 e. The van der Waals surface area contributed by atoms with Crippen LogP contribution in [0, 0.1) is 6.92 Å². The lowest BCUT2D eigenvalue weighted by atomic mass is 9.83. The van der Waals surface area contributed by atoms with Crippen LogP contribution >= 0.6 is 11.8 Å². The first kappa shape index (κ1) is 18.2. The second kappa shape index (κ2) is 7.74. The van der Waals surface area contributed by atoms with Gasteiger partial charge in [-0.2, -0.15) is 0 Å². The first-order valence-corrected chi connectivity index (χ1v) is 9.75. The molecular formula is C16H25N5O3S. The highest BCUT2D eigenvalue weighted by atomic mass is 32.2. The predicted molar refractivity (Wildman–Crippen MR) is 92.9 cm³/mol. The minimum atomic E-state index is -0.589. The van der Waals surface area contributed by atoms with Gasteiger partial charge in [-0.05, 0) is 38.8 Å². The molecule has 2 saturated heterocycles. The lowest BCUT2D eigenvalue weighted by Gasteiger charge is -2.48. The summed E-state index contributed by atoms with van der Waals surface area (Å²) in [5, 5.41) is 8.03. The maximum absolute atomic E-state index is 12.4. The van der Waals surface area contributed by atoms with E-state index in [4.69, 9.17) is 10.2 Å². The van der Waals surface area contributed by atoms with E-state index in [2.05, 4.69) is 15.1 Å². The molecule has 0 bridgehead atoms.